The van der Waals surface area contributed by atoms with Crippen LogP contribution in [0.25, 0.3) is 11.5 Å². The second kappa shape index (κ2) is 10.3. The normalized spacial score (nSPS) is 12.4. The Hall–Kier alpha value is -3.42. The van der Waals surface area contributed by atoms with E-state index in [0.29, 0.717) is 16.9 Å². The van der Waals surface area contributed by atoms with Crippen molar-refractivity contribution >= 4 is 52.0 Å². The van der Waals surface area contributed by atoms with Gasteiger partial charge in [0.15, 0.2) is 11.6 Å². The Bertz CT molecular complexity index is 1430. The molecule has 0 saturated carbocycles. The number of H-pyrrole nitrogens is 1. The number of pyridine rings is 1. The molecule has 0 radical (unpaired) electrons. The fourth-order valence-electron chi connectivity index (χ4n) is 3.11. The summed E-state index contributed by atoms with van der Waals surface area (Å²) in [6.45, 7) is 1.73. The van der Waals surface area contributed by atoms with Gasteiger partial charge in [0.05, 0.1) is 26.8 Å². The quantitative estimate of drug-likeness (QED) is 0.281. The molecule has 1 atom stereocenters. The first kappa shape index (κ1) is 25.7. The van der Waals surface area contributed by atoms with E-state index in [4.69, 9.17) is 23.2 Å². The summed E-state index contributed by atoms with van der Waals surface area (Å²) in [7, 11) is 0. The minimum Gasteiger partial charge on any atom is -0.343 e. The Morgan fingerprint density at radius 3 is 2.61 bits per heavy atom. The fraction of sp³-hybridized carbons (Fsp3) is 0.190. The number of hydrogen-bond donors (Lipinski definition) is 2. The zero-order valence-electron chi connectivity index (χ0n) is 18.1. The van der Waals surface area contributed by atoms with Crippen molar-refractivity contribution in [2.45, 2.75) is 25.4 Å². The van der Waals surface area contributed by atoms with Crippen LogP contribution >= 0.6 is 34.5 Å². The second-order valence-electron chi connectivity index (χ2n) is 7.42. The zero-order chi connectivity index (χ0) is 26.0. The summed E-state index contributed by atoms with van der Waals surface area (Å²) in [5.41, 5.74) is -0.815. The first-order valence-corrected chi connectivity index (χ1v) is 11.6. The summed E-state index contributed by atoms with van der Waals surface area (Å²) in [5, 5.41) is 2.23. The molecule has 0 saturated heterocycles. The molecule has 1 amide bonds. The molecule has 15 heteroatoms. The number of Topliss-reactive ketones (excluding diaryl/α,β-unsaturated/α-hetero) is 1. The molecular weight excluding hydrogens is 542 g/mol. The number of ketones is 1. The summed E-state index contributed by atoms with van der Waals surface area (Å²) in [6, 6.07) is 0.645. The van der Waals surface area contributed by atoms with Gasteiger partial charge in [0.25, 0.3) is 5.91 Å². The summed E-state index contributed by atoms with van der Waals surface area (Å²) in [6.07, 6.45) is 1.67. The van der Waals surface area contributed by atoms with Gasteiger partial charge in [-0.05, 0) is 6.07 Å². The minimum atomic E-state index is -4.70. The molecular formula is C21H14Cl2F3N7O2S. The molecule has 0 aliphatic rings. The lowest BCUT2D eigenvalue weighted by atomic mass is 10.0. The maximum absolute atomic E-state index is 13.0. The van der Waals surface area contributed by atoms with E-state index < -0.39 is 28.6 Å². The van der Waals surface area contributed by atoms with Gasteiger partial charge in [-0.2, -0.15) is 13.2 Å². The number of thiazole rings is 1. The van der Waals surface area contributed by atoms with E-state index in [1.54, 1.807) is 13.1 Å². The number of imidazole rings is 1. The highest BCUT2D eigenvalue weighted by atomic mass is 35.5. The van der Waals surface area contributed by atoms with E-state index in [1.165, 1.54) is 18.7 Å². The van der Waals surface area contributed by atoms with Crippen LogP contribution in [-0.2, 0) is 6.18 Å². The Morgan fingerprint density at radius 1 is 1.14 bits per heavy atom. The summed E-state index contributed by atoms with van der Waals surface area (Å²) < 4.78 is 39.1. The number of anilines is 1. The highest BCUT2D eigenvalue weighted by Crippen LogP contribution is 2.35. The third-order valence-corrected chi connectivity index (χ3v) is 6.73. The lowest BCUT2D eigenvalue weighted by Gasteiger charge is -2.10. The van der Waals surface area contributed by atoms with Crippen LogP contribution in [0, 0.1) is 0 Å². The Kier molecular flexibility index (Phi) is 7.33. The third-order valence-electron chi connectivity index (χ3n) is 4.84. The molecule has 186 valence electrons. The number of nitrogens with one attached hydrogen (secondary N) is 2. The minimum absolute atomic E-state index is 0.0173. The Balaban J connectivity index is 1.45. The predicted molar refractivity (Wildman–Crippen MR) is 126 cm³/mol. The highest BCUT2D eigenvalue weighted by Gasteiger charge is 2.34. The monoisotopic (exact) mass is 555 g/mol. The number of alkyl halides is 3. The van der Waals surface area contributed by atoms with E-state index in [2.05, 4.69) is 35.2 Å². The third kappa shape index (κ3) is 5.53. The van der Waals surface area contributed by atoms with E-state index in [0.717, 1.165) is 17.5 Å². The van der Waals surface area contributed by atoms with Crippen molar-refractivity contribution in [1.29, 1.82) is 0 Å². The van der Waals surface area contributed by atoms with E-state index >= 15 is 0 Å². The van der Waals surface area contributed by atoms with Gasteiger partial charge in [0.1, 0.15) is 28.4 Å². The summed E-state index contributed by atoms with van der Waals surface area (Å²) >= 11 is 12.9. The number of amides is 1. The molecule has 0 spiro atoms. The number of aromatic amines is 1. The molecule has 36 heavy (non-hydrogen) atoms. The topological polar surface area (TPSA) is 126 Å². The van der Waals surface area contributed by atoms with Crippen LogP contribution in [0.5, 0.6) is 0 Å². The van der Waals surface area contributed by atoms with Crippen LogP contribution in [0.4, 0.5) is 19.0 Å². The lowest BCUT2D eigenvalue weighted by Crippen LogP contribution is -2.13. The van der Waals surface area contributed by atoms with Crippen molar-refractivity contribution in [3.8, 4) is 11.5 Å². The van der Waals surface area contributed by atoms with Gasteiger partial charge in [0.2, 0.25) is 0 Å². The first-order valence-electron chi connectivity index (χ1n) is 10.1. The Morgan fingerprint density at radius 2 is 1.92 bits per heavy atom. The highest BCUT2D eigenvalue weighted by molar-refractivity contribution is 7.13. The van der Waals surface area contributed by atoms with Crippen molar-refractivity contribution in [2.75, 3.05) is 5.32 Å². The smallest absolute Gasteiger partial charge is 0.343 e. The van der Waals surface area contributed by atoms with Gasteiger partial charge in [-0.3, -0.25) is 9.59 Å². The first-order chi connectivity index (χ1) is 17.0. The van der Waals surface area contributed by atoms with Crippen LogP contribution in [0.3, 0.4) is 0 Å². The molecule has 0 bridgehead atoms. The zero-order valence-corrected chi connectivity index (χ0v) is 20.4. The van der Waals surface area contributed by atoms with Gasteiger partial charge in [-0.15, -0.1) is 11.3 Å². The number of hydrogen-bond acceptors (Lipinski definition) is 8. The summed E-state index contributed by atoms with van der Waals surface area (Å²) in [5.74, 6) is -1.41. The lowest BCUT2D eigenvalue weighted by molar-refractivity contribution is -0.137. The number of aromatic nitrogens is 6. The van der Waals surface area contributed by atoms with Crippen molar-refractivity contribution in [1.82, 2.24) is 29.9 Å². The van der Waals surface area contributed by atoms with Gasteiger partial charge in [-0.25, -0.2) is 24.9 Å². The number of nitrogens with zero attached hydrogens (tertiary/aromatic N) is 5. The molecule has 4 aromatic rings. The molecule has 0 fully saturated rings. The predicted octanol–water partition coefficient (Wildman–Crippen LogP) is 5.67. The molecule has 4 aromatic heterocycles. The average Bonchev–Trinajstić information content (AvgIpc) is 3.52. The largest absolute Gasteiger partial charge is 0.418 e. The van der Waals surface area contributed by atoms with Crippen molar-refractivity contribution in [2.24, 2.45) is 0 Å². The van der Waals surface area contributed by atoms with Gasteiger partial charge >= 0.3 is 6.18 Å². The molecule has 1 unspecified atom stereocenters. The average molecular weight is 556 g/mol. The number of rotatable bonds is 7. The van der Waals surface area contributed by atoms with Gasteiger partial charge in [-0.1, -0.05) is 30.1 Å². The molecule has 9 nitrogen and oxygen atoms in total. The van der Waals surface area contributed by atoms with Crippen LogP contribution in [0.2, 0.25) is 10.0 Å². The van der Waals surface area contributed by atoms with Crippen molar-refractivity contribution in [3.05, 3.63) is 68.4 Å². The molecule has 0 aliphatic heterocycles. The van der Waals surface area contributed by atoms with Gasteiger partial charge in [0, 0.05) is 30.9 Å². The standard InChI is InChI=1S/C21H14Cl2F3N7O2S/c1-9(4-12(34)16-15(23)17(32-8-31-16)18-27-2-3-28-18)20-30-7-13(36-20)19(35)33-14-5-10(21(24,25)26)11(22)6-29-14/h2-3,5-9H,4H2,1H3,(H,27,28)(H,29,33,35). The number of carbonyl (C=O) groups is 2. The van der Waals surface area contributed by atoms with Crippen LogP contribution in [0.15, 0.2) is 37.2 Å². The summed E-state index contributed by atoms with van der Waals surface area (Å²) in [4.78, 5) is 48.4. The Labute approximate surface area is 215 Å². The van der Waals surface area contributed by atoms with E-state index in [1.807, 2.05) is 0 Å². The molecule has 0 aliphatic carbocycles. The molecule has 4 rings (SSSR count). The SMILES string of the molecule is CC(CC(=O)c1ncnc(-c2ncc[nH]2)c1Cl)c1ncc(C(=O)Nc2cc(C(F)(F)F)c(Cl)cn2)s1. The van der Waals surface area contributed by atoms with Crippen LogP contribution in [-0.4, -0.2) is 41.6 Å². The fourth-order valence-corrected chi connectivity index (χ4v) is 4.48. The number of halogens is 5. The van der Waals surface area contributed by atoms with Crippen LogP contribution in [0.1, 0.15) is 50.0 Å². The second-order valence-corrected chi connectivity index (χ2v) is 9.26. The maximum Gasteiger partial charge on any atom is 0.418 e. The molecule has 0 aromatic carbocycles. The maximum atomic E-state index is 13.0. The van der Waals surface area contributed by atoms with E-state index in [9.17, 15) is 22.8 Å². The van der Waals surface area contributed by atoms with Crippen LogP contribution < -0.4 is 5.32 Å². The van der Waals surface area contributed by atoms with E-state index in [-0.39, 0.29) is 39.3 Å². The van der Waals surface area contributed by atoms with Crippen molar-refractivity contribution < 1.29 is 22.8 Å². The van der Waals surface area contributed by atoms with Gasteiger partial charge < -0.3 is 10.3 Å². The number of carbonyl (C=O) groups excluding carboxylic acids is 2. The van der Waals surface area contributed by atoms with Crippen molar-refractivity contribution in [3.63, 3.8) is 0 Å². The molecule has 4 heterocycles. The molecule has 2 N–H and O–H groups in total.